The maximum atomic E-state index is 12.7. The number of thioether (sulfide) groups is 1. The number of carbonyl (C=O) groups is 1. The molecule has 0 spiro atoms. The number of rotatable bonds is 6. The molecule has 1 aliphatic rings. The van der Waals surface area contributed by atoms with Gasteiger partial charge in [-0.2, -0.15) is 0 Å². The van der Waals surface area contributed by atoms with Crippen LogP contribution in [0, 0.1) is 0 Å². The maximum absolute atomic E-state index is 12.7. The molecule has 0 bridgehead atoms. The van der Waals surface area contributed by atoms with Gasteiger partial charge in [-0.3, -0.25) is 4.79 Å². The van der Waals surface area contributed by atoms with E-state index in [1.807, 2.05) is 41.5 Å². The van der Waals surface area contributed by atoms with E-state index >= 15 is 0 Å². The Balaban J connectivity index is 1.41. The first-order chi connectivity index (χ1) is 12.7. The van der Waals surface area contributed by atoms with Gasteiger partial charge < -0.3 is 14.4 Å². The van der Waals surface area contributed by atoms with Crippen LogP contribution in [0.1, 0.15) is 12.5 Å². The highest BCUT2D eigenvalue weighted by molar-refractivity contribution is 8.00. The number of aromatic nitrogens is 2. The molecule has 4 rings (SSSR count). The van der Waals surface area contributed by atoms with E-state index in [9.17, 15) is 4.79 Å². The standard InChI is InChI=1S/C18H17N3O3S2/c1-2-21(8-12-3-4-14-15(7-12)24-11-23-14)16(22)9-26-18-17-13(5-6-25-17)19-10-20-18/h3-7,10H,2,8-9,11H2,1H3. The molecule has 1 aliphatic heterocycles. The van der Waals surface area contributed by atoms with Gasteiger partial charge in [-0.15, -0.1) is 11.3 Å². The Hall–Kier alpha value is -2.32. The van der Waals surface area contributed by atoms with Crippen molar-refractivity contribution in [3.63, 3.8) is 0 Å². The number of fused-ring (bicyclic) bond motifs is 2. The molecule has 0 N–H and O–H groups in total. The summed E-state index contributed by atoms with van der Waals surface area (Å²) in [6.07, 6.45) is 1.55. The highest BCUT2D eigenvalue weighted by Crippen LogP contribution is 2.33. The van der Waals surface area contributed by atoms with Crippen LogP contribution < -0.4 is 9.47 Å². The Morgan fingerprint density at radius 1 is 1.27 bits per heavy atom. The van der Waals surface area contributed by atoms with Crippen LogP contribution >= 0.6 is 23.1 Å². The maximum Gasteiger partial charge on any atom is 0.233 e. The fourth-order valence-electron chi connectivity index (χ4n) is 2.73. The molecule has 0 fully saturated rings. The monoisotopic (exact) mass is 387 g/mol. The highest BCUT2D eigenvalue weighted by Gasteiger charge is 2.17. The zero-order valence-electron chi connectivity index (χ0n) is 14.2. The van der Waals surface area contributed by atoms with Crippen molar-refractivity contribution in [2.75, 3.05) is 19.1 Å². The summed E-state index contributed by atoms with van der Waals surface area (Å²) in [5.74, 6) is 1.92. The lowest BCUT2D eigenvalue weighted by Crippen LogP contribution is -2.31. The summed E-state index contributed by atoms with van der Waals surface area (Å²) in [6, 6.07) is 7.76. The van der Waals surface area contributed by atoms with Crippen molar-refractivity contribution in [3.05, 3.63) is 41.5 Å². The first-order valence-corrected chi connectivity index (χ1v) is 10.1. The summed E-state index contributed by atoms with van der Waals surface area (Å²) in [5.41, 5.74) is 1.95. The van der Waals surface area contributed by atoms with Crippen molar-refractivity contribution in [2.24, 2.45) is 0 Å². The molecule has 2 aromatic heterocycles. The average molecular weight is 387 g/mol. The van der Waals surface area contributed by atoms with Crippen molar-refractivity contribution in [3.8, 4) is 11.5 Å². The zero-order valence-corrected chi connectivity index (χ0v) is 15.8. The Morgan fingerprint density at radius 2 is 2.15 bits per heavy atom. The van der Waals surface area contributed by atoms with Gasteiger partial charge in [0.1, 0.15) is 11.4 Å². The number of nitrogens with zero attached hydrogens (tertiary/aromatic N) is 3. The van der Waals surface area contributed by atoms with Gasteiger partial charge in [0.05, 0.1) is 16.0 Å². The number of ether oxygens (including phenoxy) is 2. The summed E-state index contributed by atoms with van der Waals surface area (Å²) >= 11 is 3.06. The predicted molar refractivity (Wildman–Crippen MR) is 102 cm³/mol. The lowest BCUT2D eigenvalue weighted by molar-refractivity contribution is -0.128. The van der Waals surface area contributed by atoms with E-state index in [2.05, 4.69) is 9.97 Å². The van der Waals surface area contributed by atoms with Crippen LogP contribution in [0.15, 0.2) is 41.0 Å². The molecular weight excluding hydrogens is 370 g/mol. The van der Waals surface area contributed by atoms with Crippen LogP contribution in [-0.4, -0.2) is 39.9 Å². The highest BCUT2D eigenvalue weighted by atomic mass is 32.2. The molecule has 3 heterocycles. The molecule has 1 aromatic carbocycles. The quantitative estimate of drug-likeness (QED) is 0.476. The van der Waals surface area contributed by atoms with Crippen molar-refractivity contribution in [2.45, 2.75) is 18.5 Å². The van der Waals surface area contributed by atoms with E-state index in [0.717, 1.165) is 32.3 Å². The molecule has 0 saturated heterocycles. The van der Waals surface area contributed by atoms with Gasteiger partial charge in [0.2, 0.25) is 12.7 Å². The minimum Gasteiger partial charge on any atom is -0.454 e. The Labute approximate surface area is 159 Å². The van der Waals surface area contributed by atoms with E-state index in [-0.39, 0.29) is 12.7 Å². The van der Waals surface area contributed by atoms with Crippen LogP contribution in [0.4, 0.5) is 0 Å². The van der Waals surface area contributed by atoms with Gasteiger partial charge in [0.25, 0.3) is 0 Å². The van der Waals surface area contributed by atoms with Gasteiger partial charge in [-0.1, -0.05) is 17.8 Å². The average Bonchev–Trinajstić information content (AvgIpc) is 3.32. The summed E-state index contributed by atoms with van der Waals surface area (Å²) in [4.78, 5) is 23.1. The van der Waals surface area contributed by atoms with E-state index in [1.165, 1.54) is 11.8 Å². The summed E-state index contributed by atoms with van der Waals surface area (Å²) in [5, 5.41) is 2.85. The Morgan fingerprint density at radius 3 is 3.04 bits per heavy atom. The van der Waals surface area contributed by atoms with Crippen LogP contribution in [0.3, 0.4) is 0 Å². The van der Waals surface area contributed by atoms with Gasteiger partial charge in [0, 0.05) is 13.1 Å². The van der Waals surface area contributed by atoms with Gasteiger partial charge >= 0.3 is 0 Å². The summed E-state index contributed by atoms with van der Waals surface area (Å²) < 4.78 is 11.8. The number of thiophene rings is 1. The first-order valence-electron chi connectivity index (χ1n) is 8.22. The van der Waals surface area contributed by atoms with E-state index in [1.54, 1.807) is 17.7 Å². The van der Waals surface area contributed by atoms with Gasteiger partial charge in [-0.25, -0.2) is 9.97 Å². The second-order valence-corrected chi connectivity index (χ2v) is 7.58. The molecule has 0 atom stereocenters. The van der Waals surface area contributed by atoms with Crippen molar-refractivity contribution < 1.29 is 14.3 Å². The molecular formula is C18H17N3O3S2. The van der Waals surface area contributed by atoms with Gasteiger partial charge in [0.15, 0.2) is 11.5 Å². The first kappa shape index (κ1) is 17.1. The SMILES string of the molecule is CCN(Cc1ccc2c(c1)OCO2)C(=O)CSc1ncnc2ccsc12. The van der Waals surface area contributed by atoms with Crippen LogP contribution in [0.5, 0.6) is 11.5 Å². The molecule has 0 unspecified atom stereocenters. The summed E-state index contributed by atoms with van der Waals surface area (Å²) in [7, 11) is 0. The molecule has 0 aliphatic carbocycles. The van der Waals surface area contributed by atoms with E-state index in [0.29, 0.717) is 18.8 Å². The van der Waals surface area contributed by atoms with Crippen LogP contribution in [0.2, 0.25) is 0 Å². The lowest BCUT2D eigenvalue weighted by atomic mass is 10.2. The third-order valence-corrected chi connectivity index (χ3v) is 6.10. The molecule has 1 amide bonds. The second-order valence-electron chi connectivity index (χ2n) is 5.70. The van der Waals surface area contributed by atoms with Crippen molar-refractivity contribution >= 4 is 39.2 Å². The largest absolute Gasteiger partial charge is 0.454 e. The van der Waals surface area contributed by atoms with E-state index in [4.69, 9.17) is 9.47 Å². The van der Waals surface area contributed by atoms with Crippen LogP contribution in [0.25, 0.3) is 10.2 Å². The third kappa shape index (κ3) is 3.47. The number of hydrogen-bond donors (Lipinski definition) is 0. The smallest absolute Gasteiger partial charge is 0.233 e. The number of hydrogen-bond acceptors (Lipinski definition) is 7. The van der Waals surface area contributed by atoms with E-state index < -0.39 is 0 Å². The molecule has 3 aromatic rings. The molecule has 0 saturated carbocycles. The fourth-order valence-corrected chi connectivity index (χ4v) is 4.58. The lowest BCUT2D eigenvalue weighted by Gasteiger charge is -2.21. The van der Waals surface area contributed by atoms with Gasteiger partial charge in [-0.05, 0) is 36.1 Å². The molecule has 134 valence electrons. The molecule has 8 heteroatoms. The minimum absolute atomic E-state index is 0.0819. The van der Waals surface area contributed by atoms with Crippen molar-refractivity contribution in [1.29, 1.82) is 0 Å². The Bertz CT molecular complexity index is 944. The zero-order chi connectivity index (χ0) is 17.9. The topological polar surface area (TPSA) is 64.6 Å². The number of benzene rings is 1. The molecule has 6 nitrogen and oxygen atoms in total. The third-order valence-electron chi connectivity index (χ3n) is 4.09. The predicted octanol–water partition coefficient (Wildman–Crippen LogP) is 3.56. The molecule has 26 heavy (non-hydrogen) atoms. The minimum atomic E-state index is 0.0819. The normalized spacial score (nSPS) is 12.5. The fraction of sp³-hybridized carbons (Fsp3) is 0.278. The second kappa shape index (κ2) is 7.51. The van der Waals surface area contributed by atoms with Crippen LogP contribution in [-0.2, 0) is 11.3 Å². The Kier molecular flexibility index (Phi) is 4.94. The summed E-state index contributed by atoms with van der Waals surface area (Å²) in [6.45, 7) is 3.43. The molecule has 0 radical (unpaired) electrons. The number of amides is 1. The number of carbonyl (C=O) groups excluding carboxylic acids is 1. The van der Waals surface area contributed by atoms with Crippen molar-refractivity contribution in [1.82, 2.24) is 14.9 Å².